The second-order valence-electron chi connectivity index (χ2n) is 4.62. The van der Waals surface area contributed by atoms with Crippen molar-refractivity contribution in [2.75, 3.05) is 13.6 Å². The van der Waals surface area contributed by atoms with Crippen molar-refractivity contribution in [1.82, 2.24) is 4.90 Å². The van der Waals surface area contributed by atoms with Crippen molar-refractivity contribution < 1.29 is 14.7 Å². The van der Waals surface area contributed by atoms with E-state index >= 15 is 0 Å². The molecule has 5 heteroatoms. The van der Waals surface area contributed by atoms with E-state index in [2.05, 4.69) is 15.9 Å². The molecule has 1 rings (SSSR count). The fourth-order valence-corrected chi connectivity index (χ4v) is 1.98. The minimum absolute atomic E-state index is 0.0189. The van der Waals surface area contributed by atoms with Gasteiger partial charge in [0.15, 0.2) is 0 Å². The fraction of sp³-hybridized carbons (Fsp3) is 0.429. The first kappa shape index (κ1) is 15.7. The van der Waals surface area contributed by atoms with Gasteiger partial charge in [0, 0.05) is 24.5 Å². The van der Waals surface area contributed by atoms with Crippen molar-refractivity contribution >= 4 is 27.8 Å². The highest BCUT2D eigenvalue weighted by molar-refractivity contribution is 9.10. The lowest BCUT2D eigenvalue weighted by Crippen LogP contribution is -2.29. The number of carbonyl (C=O) groups is 2. The highest BCUT2D eigenvalue weighted by Gasteiger charge is 2.15. The Hall–Kier alpha value is -1.36. The van der Waals surface area contributed by atoms with Gasteiger partial charge in [-0.15, -0.1) is 0 Å². The van der Waals surface area contributed by atoms with E-state index in [-0.39, 0.29) is 24.8 Å². The number of hydrogen-bond acceptors (Lipinski definition) is 2. The molecule has 0 radical (unpaired) electrons. The Labute approximate surface area is 121 Å². The first-order valence-corrected chi connectivity index (χ1v) is 6.90. The van der Waals surface area contributed by atoms with Gasteiger partial charge in [-0.25, -0.2) is 0 Å². The van der Waals surface area contributed by atoms with Crippen molar-refractivity contribution in [1.29, 1.82) is 0 Å². The molecule has 0 spiro atoms. The summed E-state index contributed by atoms with van der Waals surface area (Å²) in [5, 5.41) is 8.59. The lowest BCUT2D eigenvalue weighted by Gasteiger charge is -2.19. The third kappa shape index (κ3) is 5.42. The van der Waals surface area contributed by atoms with E-state index in [0.29, 0.717) is 6.42 Å². The number of hydrogen-bond donors (Lipinski definition) is 1. The van der Waals surface area contributed by atoms with Crippen molar-refractivity contribution in [3.8, 4) is 0 Å². The number of aliphatic carboxylic acids is 1. The number of benzene rings is 1. The molecule has 0 saturated heterocycles. The minimum atomic E-state index is -0.888. The van der Waals surface area contributed by atoms with Gasteiger partial charge >= 0.3 is 5.97 Å². The van der Waals surface area contributed by atoms with Gasteiger partial charge in [-0.05, 0) is 23.6 Å². The highest BCUT2D eigenvalue weighted by atomic mass is 79.9. The molecule has 0 aliphatic rings. The van der Waals surface area contributed by atoms with Gasteiger partial charge in [-0.3, -0.25) is 9.59 Å². The van der Waals surface area contributed by atoms with Crippen LogP contribution >= 0.6 is 15.9 Å². The topological polar surface area (TPSA) is 57.6 Å². The van der Waals surface area contributed by atoms with Gasteiger partial charge in [0.2, 0.25) is 5.91 Å². The molecule has 1 atom stereocenters. The number of nitrogens with zero attached hydrogens (tertiary/aromatic N) is 1. The van der Waals surface area contributed by atoms with E-state index in [9.17, 15) is 9.59 Å². The van der Waals surface area contributed by atoms with Crippen LogP contribution in [0.1, 0.15) is 31.2 Å². The van der Waals surface area contributed by atoms with Gasteiger partial charge < -0.3 is 10.0 Å². The first-order chi connectivity index (χ1) is 8.90. The Balaban J connectivity index is 2.51. The van der Waals surface area contributed by atoms with Crippen LogP contribution in [-0.2, 0) is 9.59 Å². The van der Waals surface area contributed by atoms with Crippen LogP contribution in [0.2, 0.25) is 0 Å². The van der Waals surface area contributed by atoms with Crippen molar-refractivity contribution in [3.63, 3.8) is 0 Å². The van der Waals surface area contributed by atoms with E-state index in [0.717, 1.165) is 10.0 Å². The van der Waals surface area contributed by atoms with E-state index in [1.165, 1.54) is 4.90 Å². The molecule has 1 aromatic rings. The molecule has 1 aromatic carbocycles. The highest BCUT2D eigenvalue weighted by Crippen LogP contribution is 2.21. The molecule has 1 amide bonds. The smallest absolute Gasteiger partial charge is 0.305 e. The lowest BCUT2D eigenvalue weighted by atomic mass is 9.97. The molecule has 0 saturated carbocycles. The van der Waals surface area contributed by atoms with Crippen LogP contribution in [0.15, 0.2) is 28.7 Å². The summed E-state index contributed by atoms with van der Waals surface area (Å²) < 4.78 is 1.01. The maximum Gasteiger partial charge on any atom is 0.305 e. The van der Waals surface area contributed by atoms with Crippen LogP contribution in [0.3, 0.4) is 0 Å². The van der Waals surface area contributed by atoms with Crippen molar-refractivity contribution in [3.05, 3.63) is 34.3 Å². The Morgan fingerprint density at radius 2 is 1.89 bits per heavy atom. The largest absolute Gasteiger partial charge is 0.481 e. The van der Waals surface area contributed by atoms with Gasteiger partial charge in [0.05, 0.1) is 6.42 Å². The molecular weight excluding hydrogens is 310 g/mol. The van der Waals surface area contributed by atoms with E-state index < -0.39 is 5.97 Å². The molecule has 19 heavy (non-hydrogen) atoms. The molecule has 104 valence electrons. The van der Waals surface area contributed by atoms with E-state index in [1.807, 2.05) is 31.2 Å². The third-order valence-electron chi connectivity index (χ3n) is 3.01. The van der Waals surface area contributed by atoms with Crippen LogP contribution in [0.5, 0.6) is 0 Å². The second-order valence-corrected chi connectivity index (χ2v) is 5.53. The Morgan fingerprint density at radius 3 is 2.42 bits per heavy atom. The average molecular weight is 328 g/mol. The molecule has 0 aromatic heterocycles. The monoisotopic (exact) mass is 327 g/mol. The lowest BCUT2D eigenvalue weighted by molar-refractivity contribution is -0.138. The molecule has 0 bridgehead atoms. The van der Waals surface area contributed by atoms with Gasteiger partial charge in [-0.1, -0.05) is 35.0 Å². The van der Waals surface area contributed by atoms with Crippen LogP contribution < -0.4 is 0 Å². The zero-order chi connectivity index (χ0) is 14.4. The van der Waals surface area contributed by atoms with Crippen molar-refractivity contribution in [2.45, 2.75) is 25.7 Å². The maximum atomic E-state index is 11.9. The zero-order valence-electron chi connectivity index (χ0n) is 11.1. The summed E-state index contributed by atoms with van der Waals surface area (Å²) in [6.45, 7) is 2.24. The molecule has 1 N–H and O–H groups in total. The van der Waals surface area contributed by atoms with E-state index in [4.69, 9.17) is 5.11 Å². The molecule has 4 nitrogen and oxygen atoms in total. The Morgan fingerprint density at radius 1 is 1.32 bits per heavy atom. The number of carbonyl (C=O) groups excluding carboxylic acids is 1. The summed E-state index contributed by atoms with van der Waals surface area (Å²) in [5.74, 6) is -0.801. The van der Waals surface area contributed by atoms with Gasteiger partial charge in [-0.2, -0.15) is 0 Å². The summed E-state index contributed by atoms with van der Waals surface area (Å²) in [6, 6.07) is 7.87. The number of rotatable bonds is 6. The molecule has 1 unspecified atom stereocenters. The number of carboxylic acids is 1. The number of amides is 1. The normalized spacial score (nSPS) is 11.9. The quantitative estimate of drug-likeness (QED) is 0.874. The molecule has 0 aliphatic heterocycles. The molecule has 0 fully saturated rings. The van der Waals surface area contributed by atoms with Gasteiger partial charge in [0.25, 0.3) is 0 Å². The summed E-state index contributed by atoms with van der Waals surface area (Å²) in [7, 11) is 1.64. The maximum absolute atomic E-state index is 11.9. The van der Waals surface area contributed by atoms with Crippen LogP contribution in [0, 0.1) is 0 Å². The SMILES string of the molecule is CC(CC(=O)N(C)CCC(=O)O)c1ccc(Br)cc1. The summed E-state index contributed by atoms with van der Waals surface area (Å²) in [4.78, 5) is 23.9. The average Bonchev–Trinajstić information content (AvgIpc) is 2.36. The Bertz CT molecular complexity index is 445. The second kappa shape index (κ2) is 7.28. The standard InChI is InChI=1S/C14H18BrNO3/c1-10(11-3-5-12(15)6-4-11)9-13(17)16(2)8-7-14(18)19/h3-6,10H,7-9H2,1-2H3,(H,18,19). The summed E-state index contributed by atoms with van der Waals surface area (Å²) in [5.41, 5.74) is 1.10. The molecule has 0 aliphatic carbocycles. The summed E-state index contributed by atoms with van der Waals surface area (Å²) in [6.07, 6.45) is 0.368. The zero-order valence-corrected chi connectivity index (χ0v) is 12.7. The predicted molar refractivity (Wildman–Crippen MR) is 77.1 cm³/mol. The molecule has 0 heterocycles. The minimum Gasteiger partial charge on any atom is -0.481 e. The Kier molecular flexibility index (Phi) is 6.02. The van der Waals surface area contributed by atoms with Crippen LogP contribution in [0.4, 0.5) is 0 Å². The summed E-state index contributed by atoms with van der Waals surface area (Å²) >= 11 is 3.37. The molecular formula is C14H18BrNO3. The number of halogens is 1. The predicted octanol–water partition coefficient (Wildman–Crippen LogP) is 2.88. The fourth-order valence-electron chi connectivity index (χ4n) is 1.71. The van der Waals surface area contributed by atoms with Crippen molar-refractivity contribution in [2.24, 2.45) is 0 Å². The first-order valence-electron chi connectivity index (χ1n) is 6.11. The van der Waals surface area contributed by atoms with E-state index in [1.54, 1.807) is 7.05 Å². The van der Waals surface area contributed by atoms with Gasteiger partial charge in [0.1, 0.15) is 0 Å². The van der Waals surface area contributed by atoms with Crippen LogP contribution in [0.25, 0.3) is 0 Å². The number of carboxylic acid groups (broad SMARTS) is 1. The van der Waals surface area contributed by atoms with Crippen LogP contribution in [-0.4, -0.2) is 35.5 Å². The third-order valence-corrected chi connectivity index (χ3v) is 3.54.